The molecular formula is C14H16BrClN2O. The van der Waals surface area contributed by atoms with E-state index in [1.807, 2.05) is 31.3 Å². The van der Waals surface area contributed by atoms with E-state index in [0.29, 0.717) is 11.6 Å². The van der Waals surface area contributed by atoms with E-state index in [1.54, 1.807) is 12.5 Å². The lowest BCUT2D eigenvalue weighted by Gasteiger charge is -2.27. The van der Waals surface area contributed by atoms with Gasteiger partial charge in [-0.05, 0) is 46.7 Å². The molecule has 0 aliphatic rings. The Balaban J connectivity index is 2.16. The van der Waals surface area contributed by atoms with Gasteiger partial charge in [-0.2, -0.15) is 0 Å². The van der Waals surface area contributed by atoms with E-state index >= 15 is 0 Å². The van der Waals surface area contributed by atoms with E-state index in [-0.39, 0.29) is 6.04 Å². The van der Waals surface area contributed by atoms with E-state index in [2.05, 4.69) is 20.8 Å². The molecule has 0 amide bonds. The maximum atomic E-state index is 6.02. The molecule has 0 radical (unpaired) electrons. The first-order chi connectivity index (χ1) is 9.11. The Kier molecular flexibility index (Phi) is 5.05. The number of hydrogen-bond acceptors (Lipinski definition) is 3. The molecule has 3 nitrogen and oxygen atoms in total. The fourth-order valence-corrected chi connectivity index (χ4v) is 2.58. The summed E-state index contributed by atoms with van der Waals surface area (Å²) in [6, 6.07) is 8.02. The van der Waals surface area contributed by atoms with E-state index in [9.17, 15) is 0 Å². The van der Waals surface area contributed by atoms with Crippen molar-refractivity contribution in [2.24, 2.45) is 5.73 Å². The van der Waals surface area contributed by atoms with Gasteiger partial charge in [-0.3, -0.25) is 4.90 Å². The quantitative estimate of drug-likeness (QED) is 0.897. The summed E-state index contributed by atoms with van der Waals surface area (Å²) in [5.74, 6) is 0. The second-order valence-electron chi connectivity index (χ2n) is 4.47. The molecule has 0 bridgehead atoms. The third-order valence-corrected chi connectivity index (χ3v) is 4.31. The third-order valence-electron chi connectivity index (χ3n) is 3.10. The van der Waals surface area contributed by atoms with Gasteiger partial charge in [0.1, 0.15) is 0 Å². The normalized spacial score (nSPS) is 12.9. The zero-order valence-electron chi connectivity index (χ0n) is 10.6. The first-order valence-corrected chi connectivity index (χ1v) is 7.15. The maximum Gasteiger partial charge on any atom is 0.0947 e. The Labute approximate surface area is 126 Å². The molecule has 2 aromatic rings. The molecule has 0 fully saturated rings. The van der Waals surface area contributed by atoms with Crippen LogP contribution in [0.5, 0.6) is 0 Å². The largest absolute Gasteiger partial charge is 0.472 e. The molecule has 5 heteroatoms. The molecule has 1 aromatic heterocycles. The van der Waals surface area contributed by atoms with Crippen LogP contribution < -0.4 is 5.73 Å². The van der Waals surface area contributed by atoms with Gasteiger partial charge >= 0.3 is 0 Å². The van der Waals surface area contributed by atoms with Gasteiger partial charge in [-0.1, -0.05) is 17.7 Å². The highest BCUT2D eigenvalue weighted by molar-refractivity contribution is 9.10. The molecule has 19 heavy (non-hydrogen) atoms. The van der Waals surface area contributed by atoms with Crippen molar-refractivity contribution in [2.45, 2.75) is 12.6 Å². The topological polar surface area (TPSA) is 42.4 Å². The number of rotatable bonds is 5. The second kappa shape index (κ2) is 6.57. The fourth-order valence-electron chi connectivity index (χ4n) is 2.07. The van der Waals surface area contributed by atoms with Gasteiger partial charge in [-0.15, -0.1) is 0 Å². The predicted octanol–water partition coefficient (Wildman–Crippen LogP) is 3.83. The van der Waals surface area contributed by atoms with Crippen LogP contribution in [0, 0.1) is 0 Å². The minimum Gasteiger partial charge on any atom is -0.472 e. The summed E-state index contributed by atoms with van der Waals surface area (Å²) in [6.07, 6.45) is 3.43. The van der Waals surface area contributed by atoms with Crippen LogP contribution in [0.1, 0.15) is 17.2 Å². The number of nitrogens with two attached hydrogens (primary N) is 1. The van der Waals surface area contributed by atoms with Crippen LogP contribution in [-0.2, 0) is 6.54 Å². The lowest BCUT2D eigenvalue weighted by Crippen LogP contribution is -2.30. The van der Waals surface area contributed by atoms with Crippen molar-refractivity contribution in [3.63, 3.8) is 0 Å². The van der Waals surface area contributed by atoms with Crippen LogP contribution in [-0.4, -0.2) is 18.5 Å². The van der Waals surface area contributed by atoms with Crippen molar-refractivity contribution in [1.82, 2.24) is 4.90 Å². The van der Waals surface area contributed by atoms with Crippen LogP contribution >= 0.6 is 27.5 Å². The highest BCUT2D eigenvalue weighted by Crippen LogP contribution is 2.28. The number of nitrogens with zero attached hydrogens (tertiary/aromatic N) is 1. The van der Waals surface area contributed by atoms with Crippen LogP contribution in [0.2, 0.25) is 5.02 Å². The molecule has 1 unspecified atom stereocenters. The zero-order chi connectivity index (χ0) is 13.8. The maximum absolute atomic E-state index is 6.02. The fraction of sp³-hybridized carbons (Fsp3) is 0.286. The predicted molar refractivity (Wildman–Crippen MR) is 81.1 cm³/mol. The number of furan rings is 1. The number of halogens is 2. The van der Waals surface area contributed by atoms with Crippen molar-refractivity contribution in [3.05, 3.63) is 57.4 Å². The van der Waals surface area contributed by atoms with Crippen molar-refractivity contribution in [3.8, 4) is 0 Å². The Hall–Kier alpha value is -0.810. The molecule has 102 valence electrons. The van der Waals surface area contributed by atoms with Gasteiger partial charge < -0.3 is 10.2 Å². The van der Waals surface area contributed by atoms with Crippen molar-refractivity contribution >= 4 is 27.5 Å². The Morgan fingerprint density at radius 3 is 2.79 bits per heavy atom. The summed E-state index contributed by atoms with van der Waals surface area (Å²) in [5.41, 5.74) is 8.19. The first kappa shape index (κ1) is 14.6. The molecule has 0 aliphatic heterocycles. The molecule has 1 aromatic carbocycles. The Morgan fingerprint density at radius 1 is 1.42 bits per heavy atom. The highest BCUT2D eigenvalue weighted by atomic mass is 79.9. The molecule has 0 aliphatic carbocycles. The van der Waals surface area contributed by atoms with E-state index in [1.165, 1.54) is 0 Å². The van der Waals surface area contributed by atoms with Crippen LogP contribution in [0.25, 0.3) is 0 Å². The average molecular weight is 344 g/mol. The summed E-state index contributed by atoms with van der Waals surface area (Å²) < 4.78 is 5.98. The summed E-state index contributed by atoms with van der Waals surface area (Å²) in [5, 5.41) is 0.706. The van der Waals surface area contributed by atoms with Gasteiger partial charge in [0.05, 0.1) is 17.5 Å². The Bertz CT molecular complexity index is 530. The van der Waals surface area contributed by atoms with Gasteiger partial charge in [0.25, 0.3) is 0 Å². The number of benzene rings is 1. The second-order valence-corrected chi connectivity index (χ2v) is 5.73. The SMILES string of the molecule is CN(Cc1ccoc1)C(CN)c1ccc(Cl)c(Br)c1. The minimum atomic E-state index is 0.142. The van der Waals surface area contributed by atoms with Gasteiger partial charge in [0, 0.05) is 29.2 Å². The average Bonchev–Trinajstić information content (AvgIpc) is 2.87. The van der Waals surface area contributed by atoms with Gasteiger partial charge in [0.2, 0.25) is 0 Å². The molecule has 2 rings (SSSR count). The van der Waals surface area contributed by atoms with Gasteiger partial charge in [0.15, 0.2) is 0 Å². The molecule has 1 atom stereocenters. The standard InChI is InChI=1S/C14H16BrClN2O/c1-18(8-10-4-5-19-9-10)14(7-17)11-2-3-13(16)12(15)6-11/h2-6,9,14H,7-8,17H2,1H3. The number of hydrogen-bond donors (Lipinski definition) is 1. The van der Waals surface area contributed by atoms with Crippen LogP contribution in [0.15, 0.2) is 45.7 Å². The molecule has 2 N–H and O–H groups in total. The monoisotopic (exact) mass is 342 g/mol. The minimum absolute atomic E-state index is 0.142. The molecule has 0 spiro atoms. The zero-order valence-corrected chi connectivity index (χ0v) is 13.0. The molecule has 0 saturated carbocycles. The Morgan fingerprint density at radius 2 is 2.21 bits per heavy atom. The summed E-state index contributed by atoms with van der Waals surface area (Å²) in [7, 11) is 2.05. The molecular weight excluding hydrogens is 328 g/mol. The van der Waals surface area contributed by atoms with Crippen LogP contribution in [0.4, 0.5) is 0 Å². The van der Waals surface area contributed by atoms with Crippen molar-refractivity contribution in [1.29, 1.82) is 0 Å². The number of likely N-dealkylation sites (N-methyl/N-ethyl adjacent to an activating group) is 1. The summed E-state index contributed by atoms with van der Waals surface area (Å²) in [6.45, 7) is 1.33. The van der Waals surface area contributed by atoms with E-state index in [0.717, 1.165) is 22.1 Å². The smallest absolute Gasteiger partial charge is 0.0947 e. The highest BCUT2D eigenvalue weighted by Gasteiger charge is 2.17. The summed E-state index contributed by atoms with van der Waals surface area (Å²) in [4.78, 5) is 2.19. The molecule has 0 saturated heterocycles. The van der Waals surface area contributed by atoms with Crippen molar-refractivity contribution < 1.29 is 4.42 Å². The van der Waals surface area contributed by atoms with E-state index in [4.69, 9.17) is 21.8 Å². The summed E-state index contributed by atoms with van der Waals surface area (Å²) >= 11 is 9.47. The third kappa shape index (κ3) is 3.60. The first-order valence-electron chi connectivity index (χ1n) is 5.98. The lowest BCUT2D eigenvalue weighted by molar-refractivity contribution is 0.241. The van der Waals surface area contributed by atoms with E-state index < -0.39 is 0 Å². The van der Waals surface area contributed by atoms with Crippen molar-refractivity contribution in [2.75, 3.05) is 13.6 Å². The lowest BCUT2D eigenvalue weighted by atomic mass is 10.1. The van der Waals surface area contributed by atoms with Gasteiger partial charge in [-0.25, -0.2) is 0 Å². The van der Waals surface area contributed by atoms with Crippen LogP contribution in [0.3, 0.4) is 0 Å². The molecule has 1 heterocycles.